The topological polar surface area (TPSA) is 29.1 Å². The number of hydrogen-bond donors (Lipinski definition) is 1. The molecule has 1 aliphatic rings. The van der Waals surface area contributed by atoms with E-state index >= 15 is 0 Å². The van der Waals surface area contributed by atoms with Gasteiger partial charge in [-0.3, -0.25) is 4.79 Å². The number of alkyl halides is 2. The minimum Gasteiger partial charge on any atom is -0.353 e. The third kappa shape index (κ3) is 4.58. The fourth-order valence-electron chi connectivity index (χ4n) is 1.95. The molecular weight excluding hydrogens is 200 g/mol. The molecule has 0 aromatic rings. The zero-order chi connectivity index (χ0) is 11.5. The standard InChI is InChI=1S/C11H19F2NO/c1-8(2)6-10(15)14-9-4-3-5-11(12,13)7-9/h8-9H,3-7H2,1-2H3,(H,14,15)/t9-/m1/s1. The Bertz CT molecular complexity index is 229. The maximum absolute atomic E-state index is 13.0. The van der Waals surface area contributed by atoms with Crippen LogP contribution < -0.4 is 5.32 Å². The first-order chi connectivity index (χ1) is 6.89. The molecule has 2 nitrogen and oxygen atoms in total. The van der Waals surface area contributed by atoms with Gasteiger partial charge >= 0.3 is 0 Å². The van der Waals surface area contributed by atoms with E-state index in [0.717, 1.165) is 0 Å². The van der Waals surface area contributed by atoms with Gasteiger partial charge < -0.3 is 5.32 Å². The van der Waals surface area contributed by atoms with Crippen LogP contribution in [0.25, 0.3) is 0 Å². The lowest BCUT2D eigenvalue weighted by Crippen LogP contribution is -2.42. The van der Waals surface area contributed by atoms with Crippen molar-refractivity contribution in [3.63, 3.8) is 0 Å². The van der Waals surface area contributed by atoms with E-state index < -0.39 is 5.92 Å². The van der Waals surface area contributed by atoms with Crippen molar-refractivity contribution in [2.24, 2.45) is 5.92 Å². The summed E-state index contributed by atoms with van der Waals surface area (Å²) in [6.07, 6.45) is 1.36. The first-order valence-corrected chi connectivity index (χ1v) is 5.56. The van der Waals surface area contributed by atoms with Gasteiger partial charge in [-0.25, -0.2) is 8.78 Å². The Morgan fingerprint density at radius 1 is 1.53 bits per heavy atom. The average molecular weight is 219 g/mol. The van der Waals surface area contributed by atoms with Gasteiger partial charge in [0.15, 0.2) is 0 Å². The number of hydrogen-bond acceptors (Lipinski definition) is 1. The van der Waals surface area contributed by atoms with Crippen LogP contribution in [0.2, 0.25) is 0 Å². The van der Waals surface area contributed by atoms with Crippen LogP contribution in [0.3, 0.4) is 0 Å². The van der Waals surface area contributed by atoms with Crippen LogP contribution in [0.15, 0.2) is 0 Å². The predicted octanol–water partition coefficient (Wildman–Crippen LogP) is 2.73. The van der Waals surface area contributed by atoms with E-state index in [1.807, 2.05) is 13.8 Å². The molecule has 0 heterocycles. The van der Waals surface area contributed by atoms with Crippen molar-refractivity contribution in [2.75, 3.05) is 0 Å². The third-order valence-electron chi connectivity index (χ3n) is 2.60. The average Bonchev–Trinajstić information content (AvgIpc) is 1.99. The third-order valence-corrected chi connectivity index (χ3v) is 2.60. The molecule has 88 valence electrons. The Hall–Kier alpha value is -0.670. The number of carbonyl (C=O) groups excluding carboxylic acids is 1. The molecule has 1 aliphatic carbocycles. The molecule has 0 aromatic carbocycles. The number of amides is 1. The quantitative estimate of drug-likeness (QED) is 0.777. The number of rotatable bonds is 3. The zero-order valence-corrected chi connectivity index (χ0v) is 9.35. The van der Waals surface area contributed by atoms with E-state index in [9.17, 15) is 13.6 Å². The summed E-state index contributed by atoms with van der Waals surface area (Å²) in [6, 6.07) is -0.333. The number of carbonyl (C=O) groups is 1. The fraction of sp³-hybridized carbons (Fsp3) is 0.909. The molecule has 1 amide bonds. The van der Waals surface area contributed by atoms with Crippen LogP contribution in [-0.2, 0) is 4.79 Å². The Kier molecular flexibility index (Phi) is 4.05. The van der Waals surface area contributed by atoms with Gasteiger partial charge in [0, 0.05) is 25.3 Å². The Balaban J connectivity index is 2.35. The molecule has 1 saturated carbocycles. The highest BCUT2D eigenvalue weighted by Crippen LogP contribution is 2.33. The molecule has 1 rings (SSSR count). The van der Waals surface area contributed by atoms with Gasteiger partial charge in [0.05, 0.1) is 0 Å². The van der Waals surface area contributed by atoms with Crippen LogP contribution in [0.4, 0.5) is 8.78 Å². The second-order valence-corrected chi connectivity index (χ2v) is 4.81. The highest BCUT2D eigenvalue weighted by atomic mass is 19.3. The first-order valence-electron chi connectivity index (χ1n) is 5.56. The molecule has 1 N–H and O–H groups in total. The summed E-state index contributed by atoms with van der Waals surface area (Å²) in [7, 11) is 0. The normalized spacial score (nSPS) is 25.3. The Morgan fingerprint density at radius 3 is 2.73 bits per heavy atom. The minimum atomic E-state index is -2.59. The lowest BCUT2D eigenvalue weighted by atomic mass is 9.92. The highest BCUT2D eigenvalue weighted by Gasteiger charge is 2.36. The van der Waals surface area contributed by atoms with Crippen LogP contribution in [-0.4, -0.2) is 17.9 Å². The van der Waals surface area contributed by atoms with Crippen molar-refractivity contribution in [1.82, 2.24) is 5.32 Å². The first kappa shape index (κ1) is 12.4. The second-order valence-electron chi connectivity index (χ2n) is 4.81. The van der Waals surface area contributed by atoms with E-state index in [1.165, 1.54) is 0 Å². The van der Waals surface area contributed by atoms with E-state index in [4.69, 9.17) is 0 Å². The van der Waals surface area contributed by atoms with Crippen LogP contribution >= 0.6 is 0 Å². The lowest BCUT2D eigenvalue weighted by Gasteiger charge is -2.29. The maximum atomic E-state index is 13.0. The number of nitrogens with one attached hydrogen (secondary N) is 1. The smallest absolute Gasteiger partial charge is 0.250 e. The molecule has 1 fully saturated rings. The van der Waals surface area contributed by atoms with Gasteiger partial charge in [-0.05, 0) is 18.8 Å². The van der Waals surface area contributed by atoms with Crippen LogP contribution in [0.5, 0.6) is 0 Å². The molecule has 0 saturated heterocycles. The highest BCUT2D eigenvalue weighted by molar-refractivity contribution is 5.76. The molecular formula is C11H19F2NO. The van der Waals surface area contributed by atoms with Crippen molar-refractivity contribution in [3.8, 4) is 0 Å². The van der Waals surface area contributed by atoms with Crippen molar-refractivity contribution in [2.45, 2.75) is 57.9 Å². The maximum Gasteiger partial charge on any atom is 0.250 e. The predicted molar refractivity (Wildman–Crippen MR) is 54.8 cm³/mol. The van der Waals surface area contributed by atoms with Gasteiger partial charge in [-0.2, -0.15) is 0 Å². The van der Waals surface area contributed by atoms with Crippen molar-refractivity contribution in [1.29, 1.82) is 0 Å². The summed E-state index contributed by atoms with van der Waals surface area (Å²) in [4.78, 5) is 11.4. The van der Waals surface area contributed by atoms with Gasteiger partial charge in [-0.1, -0.05) is 13.8 Å². The molecule has 0 aromatic heterocycles. The summed E-state index contributed by atoms with van der Waals surface area (Å²) in [6.45, 7) is 3.88. The SMILES string of the molecule is CC(C)CC(=O)N[C@@H]1CCCC(F)(F)C1. The van der Waals surface area contributed by atoms with E-state index in [0.29, 0.717) is 19.3 Å². The Labute approximate surface area is 89.4 Å². The number of halogens is 2. The summed E-state index contributed by atoms with van der Waals surface area (Å²) in [5.74, 6) is -2.42. The van der Waals surface area contributed by atoms with Gasteiger partial charge in [-0.15, -0.1) is 0 Å². The minimum absolute atomic E-state index is 0.0381. The molecule has 0 unspecified atom stereocenters. The van der Waals surface area contributed by atoms with E-state index in [1.54, 1.807) is 0 Å². The molecule has 1 atom stereocenters. The summed E-state index contributed by atoms with van der Waals surface area (Å²) in [5, 5.41) is 2.69. The zero-order valence-electron chi connectivity index (χ0n) is 9.35. The monoisotopic (exact) mass is 219 g/mol. The molecule has 0 spiro atoms. The van der Waals surface area contributed by atoms with E-state index in [-0.39, 0.29) is 30.7 Å². The van der Waals surface area contributed by atoms with Crippen LogP contribution in [0, 0.1) is 5.92 Å². The summed E-state index contributed by atoms with van der Waals surface area (Å²) < 4.78 is 26.0. The summed E-state index contributed by atoms with van der Waals surface area (Å²) >= 11 is 0. The molecule has 0 bridgehead atoms. The van der Waals surface area contributed by atoms with Gasteiger partial charge in [0.2, 0.25) is 11.8 Å². The molecule has 0 radical (unpaired) electrons. The molecule has 0 aliphatic heterocycles. The Morgan fingerprint density at radius 2 is 2.20 bits per heavy atom. The van der Waals surface area contributed by atoms with E-state index in [2.05, 4.69) is 5.32 Å². The van der Waals surface area contributed by atoms with Crippen molar-refractivity contribution in [3.05, 3.63) is 0 Å². The largest absolute Gasteiger partial charge is 0.353 e. The second kappa shape index (κ2) is 4.90. The van der Waals surface area contributed by atoms with Crippen molar-refractivity contribution < 1.29 is 13.6 Å². The van der Waals surface area contributed by atoms with Gasteiger partial charge in [0.1, 0.15) is 0 Å². The van der Waals surface area contributed by atoms with Crippen molar-refractivity contribution >= 4 is 5.91 Å². The van der Waals surface area contributed by atoms with Crippen LogP contribution in [0.1, 0.15) is 46.0 Å². The molecule has 15 heavy (non-hydrogen) atoms. The van der Waals surface area contributed by atoms with Gasteiger partial charge in [0.25, 0.3) is 0 Å². The summed E-state index contributed by atoms with van der Waals surface area (Å²) in [5.41, 5.74) is 0. The lowest BCUT2D eigenvalue weighted by molar-refractivity contribution is -0.123. The fourth-order valence-corrected chi connectivity index (χ4v) is 1.95. The molecule has 4 heteroatoms.